The van der Waals surface area contributed by atoms with Gasteiger partial charge in [-0.1, -0.05) is 11.6 Å². The monoisotopic (exact) mass is 313 g/mol. The molecule has 5 nitrogen and oxygen atoms in total. The summed E-state index contributed by atoms with van der Waals surface area (Å²) >= 11 is 6.15. The summed E-state index contributed by atoms with van der Waals surface area (Å²) in [6.45, 7) is 8.33. The summed E-state index contributed by atoms with van der Waals surface area (Å²) in [6, 6.07) is 1.82. The zero-order valence-electron chi connectivity index (χ0n) is 12.8. The number of rotatable bonds is 10. The predicted octanol–water partition coefficient (Wildman–Crippen LogP) is 2.89. The SMILES string of the molecule is CCOCCN(CCOCC)c1cc(Cl)nc(C2CC2)n1. The maximum atomic E-state index is 6.15. The molecule has 0 N–H and O–H groups in total. The van der Waals surface area contributed by atoms with Gasteiger partial charge in [-0.25, -0.2) is 9.97 Å². The normalized spacial score (nSPS) is 14.4. The first kappa shape index (κ1) is 16.5. The standard InChI is InChI=1S/C15H24ClN3O2/c1-3-20-9-7-19(8-10-21-4-2)14-11-13(16)17-15(18-14)12-5-6-12/h11-12H,3-10H2,1-2H3. The Labute approximate surface area is 131 Å². The molecule has 21 heavy (non-hydrogen) atoms. The van der Waals surface area contributed by atoms with Crippen molar-refractivity contribution < 1.29 is 9.47 Å². The van der Waals surface area contributed by atoms with Gasteiger partial charge in [-0.3, -0.25) is 0 Å². The van der Waals surface area contributed by atoms with Gasteiger partial charge in [0.05, 0.1) is 13.2 Å². The van der Waals surface area contributed by atoms with Gasteiger partial charge in [-0.2, -0.15) is 0 Å². The number of halogens is 1. The first-order valence-corrected chi connectivity index (χ1v) is 8.07. The lowest BCUT2D eigenvalue weighted by molar-refractivity contribution is 0.141. The van der Waals surface area contributed by atoms with Crippen LogP contribution in [0.2, 0.25) is 5.15 Å². The Hall–Kier alpha value is -0.910. The zero-order chi connectivity index (χ0) is 15.1. The summed E-state index contributed by atoms with van der Waals surface area (Å²) in [4.78, 5) is 11.2. The predicted molar refractivity (Wildman–Crippen MR) is 84.2 cm³/mol. The highest BCUT2D eigenvalue weighted by atomic mass is 35.5. The van der Waals surface area contributed by atoms with E-state index in [-0.39, 0.29) is 0 Å². The third-order valence-electron chi connectivity index (χ3n) is 3.38. The summed E-state index contributed by atoms with van der Waals surface area (Å²) in [5.41, 5.74) is 0. The second-order valence-electron chi connectivity index (χ2n) is 5.06. The third-order valence-corrected chi connectivity index (χ3v) is 3.58. The van der Waals surface area contributed by atoms with Gasteiger partial charge in [-0.05, 0) is 26.7 Å². The summed E-state index contributed by atoms with van der Waals surface area (Å²) in [5, 5.41) is 0.514. The molecule has 1 aromatic heterocycles. The van der Waals surface area contributed by atoms with E-state index >= 15 is 0 Å². The van der Waals surface area contributed by atoms with Crippen molar-refractivity contribution in [3.05, 3.63) is 17.0 Å². The van der Waals surface area contributed by atoms with Crippen LogP contribution in [0.5, 0.6) is 0 Å². The number of aromatic nitrogens is 2. The smallest absolute Gasteiger partial charge is 0.135 e. The lowest BCUT2D eigenvalue weighted by Crippen LogP contribution is -2.32. The van der Waals surface area contributed by atoms with Crippen molar-refractivity contribution in [2.75, 3.05) is 44.4 Å². The Kier molecular flexibility index (Phi) is 6.67. The minimum absolute atomic E-state index is 0.489. The number of hydrogen-bond donors (Lipinski definition) is 0. The van der Waals surface area contributed by atoms with Crippen molar-refractivity contribution in [3.8, 4) is 0 Å². The third kappa shape index (κ3) is 5.41. The van der Waals surface area contributed by atoms with Crippen LogP contribution in [0.25, 0.3) is 0 Å². The van der Waals surface area contributed by atoms with Gasteiger partial charge < -0.3 is 14.4 Å². The summed E-state index contributed by atoms with van der Waals surface area (Å²) in [7, 11) is 0. The van der Waals surface area contributed by atoms with Crippen LogP contribution in [0.15, 0.2) is 6.07 Å². The molecule has 0 radical (unpaired) electrons. The van der Waals surface area contributed by atoms with Gasteiger partial charge in [0.1, 0.15) is 16.8 Å². The van der Waals surface area contributed by atoms with Crippen LogP contribution in [0.1, 0.15) is 38.4 Å². The van der Waals surface area contributed by atoms with Gasteiger partial charge in [0.15, 0.2) is 0 Å². The van der Waals surface area contributed by atoms with Crippen LogP contribution in [-0.4, -0.2) is 49.5 Å². The molecule has 1 aliphatic rings. The Morgan fingerprint density at radius 1 is 1.14 bits per heavy atom. The van der Waals surface area contributed by atoms with Gasteiger partial charge in [0.2, 0.25) is 0 Å². The van der Waals surface area contributed by atoms with E-state index in [4.69, 9.17) is 21.1 Å². The number of ether oxygens (including phenoxy) is 2. The van der Waals surface area contributed by atoms with Crippen molar-refractivity contribution in [2.45, 2.75) is 32.6 Å². The molecule has 1 heterocycles. The lowest BCUT2D eigenvalue weighted by atomic mass is 10.3. The molecular formula is C15H24ClN3O2. The Balaban J connectivity index is 2.05. The first-order valence-electron chi connectivity index (χ1n) is 7.69. The van der Waals surface area contributed by atoms with Crippen molar-refractivity contribution in [3.63, 3.8) is 0 Å². The zero-order valence-corrected chi connectivity index (χ0v) is 13.6. The largest absolute Gasteiger partial charge is 0.380 e. The van der Waals surface area contributed by atoms with E-state index in [1.807, 2.05) is 19.9 Å². The van der Waals surface area contributed by atoms with Crippen LogP contribution < -0.4 is 4.90 Å². The molecule has 0 amide bonds. The van der Waals surface area contributed by atoms with E-state index in [1.165, 1.54) is 0 Å². The maximum Gasteiger partial charge on any atom is 0.135 e. The molecule has 0 bridgehead atoms. The van der Waals surface area contributed by atoms with Crippen LogP contribution in [-0.2, 0) is 9.47 Å². The Bertz CT molecular complexity index is 431. The van der Waals surface area contributed by atoms with E-state index in [9.17, 15) is 0 Å². The summed E-state index contributed by atoms with van der Waals surface area (Å²) < 4.78 is 10.9. The number of nitrogens with zero attached hydrogens (tertiary/aromatic N) is 3. The lowest BCUT2D eigenvalue weighted by Gasteiger charge is -2.24. The van der Waals surface area contributed by atoms with Crippen LogP contribution in [0.4, 0.5) is 5.82 Å². The van der Waals surface area contributed by atoms with Gasteiger partial charge in [0.25, 0.3) is 0 Å². The van der Waals surface area contributed by atoms with E-state index in [2.05, 4.69) is 14.9 Å². The van der Waals surface area contributed by atoms with Crippen molar-refractivity contribution >= 4 is 17.4 Å². The molecule has 0 aromatic carbocycles. The van der Waals surface area contributed by atoms with E-state index in [0.29, 0.717) is 24.3 Å². The Morgan fingerprint density at radius 3 is 2.29 bits per heavy atom. The second-order valence-corrected chi connectivity index (χ2v) is 5.45. The molecule has 0 saturated heterocycles. The van der Waals surface area contributed by atoms with Crippen LogP contribution in [0.3, 0.4) is 0 Å². The molecule has 0 spiro atoms. The minimum atomic E-state index is 0.489. The molecule has 118 valence electrons. The van der Waals surface area contributed by atoms with Crippen molar-refractivity contribution in [1.82, 2.24) is 9.97 Å². The van der Waals surface area contributed by atoms with Crippen LogP contribution >= 0.6 is 11.6 Å². The molecule has 6 heteroatoms. The topological polar surface area (TPSA) is 47.5 Å². The average Bonchev–Trinajstić information content (AvgIpc) is 3.30. The molecule has 0 atom stereocenters. The molecule has 1 aliphatic carbocycles. The summed E-state index contributed by atoms with van der Waals surface area (Å²) in [5.74, 6) is 2.23. The van der Waals surface area contributed by atoms with Gasteiger partial charge >= 0.3 is 0 Å². The van der Waals surface area contributed by atoms with Gasteiger partial charge in [0, 0.05) is 38.3 Å². The number of hydrogen-bond acceptors (Lipinski definition) is 5. The Morgan fingerprint density at radius 2 is 1.76 bits per heavy atom. The van der Waals surface area contributed by atoms with Gasteiger partial charge in [-0.15, -0.1) is 0 Å². The highest BCUT2D eigenvalue weighted by Crippen LogP contribution is 2.39. The highest BCUT2D eigenvalue weighted by Gasteiger charge is 2.27. The molecule has 0 unspecified atom stereocenters. The van der Waals surface area contributed by atoms with E-state index in [0.717, 1.165) is 50.8 Å². The summed E-state index contributed by atoms with van der Waals surface area (Å²) in [6.07, 6.45) is 2.33. The maximum absolute atomic E-state index is 6.15. The fourth-order valence-electron chi connectivity index (χ4n) is 2.09. The van der Waals surface area contributed by atoms with Crippen LogP contribution in [0, 0.1) is 0 Å². The second kappa shape index (κ2) is 8.51. The van der Waals surface area contributed by atoms with E-state index < -0.39 is 0 Å². The fourth-order valence-corrected chi connectivity index (χ4v) is 2.27. The van der Waals surface area contributed by atoms with E-state index in [1.54, 1.807) is 0 Å². The quantitative estimate of drug-likeness (QED) is 0.491. The molecule has 1 saturated carbocycles. The molecule has 2 rings (SSSR count). The average molecular weight is 314 g/mol. The number of anilines is 1. The highest BCUT2D eigenvalue weighted by molar-refractivity contribution is 6.29. The van der Waals surface area contributed by atoms with Crippen molar-refractivity contribution in [2.24, 2.45) is 0 Å². The fraction of sp³-hybridized carbons (Fsp3) is 0.733. The molecular weight excluding hydrogens is 290 g/mol. The molecule has 1 aromatic rings. The molecule has 1 fully saturated rings. The molecule has 0 aliphatic heterocycles. The van der Waals surface area contributed by atoms with Crippen molar-refractivity contribution in [1.29, 1.82) is 0 Å². The minimum Gasteiger partial charge on any atom is -0.380 e. The first-order chi connectivity index (χ1) is 10.2.